The van der Waals surface area contributed by atoms with Gasteiger partial charge in [-0.2, -0.15) is 0 Å². The van der Waals surface area contributed by atoms with E-state index in [1.165, 1.54) is 16.6 Å². The van der Waals surface area contributed by atoms with Crippen LogP contribution in [-0.4, -0.2) is 52.1 Å². The molecule has 2 aromatic heterocycles. The molecule has 1 fully saturated rings. The maximum absolute atomic E-state index is 4.52. The number of fused-ring (bicyclic) bond motifs is 1. The summed E-state index contributed by atoms with van der Waals surface area (Å²) in [5.41, 5.74) is 2.45. The second-order valence-electron chi connectivity index (χ2n) is 7.40. The van der Waals surface area contributed by atoms with E-state index in [4.69, 9.17) is 0 Å². The number of aromatic amines is 1. The van der Waals surface area contributed by atoms with Gasteiger partial charge in [-0.3, -0.25) is 4.99 Å². The highest BCUT2D eigenvalue weighted by Gasteiger charge is 2.28. The van der Waals surface area contributed by atoms with Gasteiger partial charge in [-0.15, -0.1) is 24.0 Å². The number of benzene rings is 1. The van der Waals surface area contributed by atoms with Crippen molar-refractivity contribution in [2.24, 2.45) is 10.9 Å². The van der Waals surface area contributed by atoms with Crippen molar-refractivity contribution in [3.8, 4) is 0 Å². The van der Waals surface area contributed by atoms with Crippen LogP contribution in [0.1, 0.15) is 25.1 Å². The van der Waals surface area contributed by atoms with E-state index in [2.05, 4.69) is 73.2 Å². The molecule has 0 aliphatic carbocycles. The molecule has 1 saturated heterocycles. The van der Waals surface area contributed by atoms with Crippen molar-refractivity contribution in [1.29, 1.82) is 0 Å². The number of likely N-dealkylation sites (tertiary alicyclic amines) is 1. The molecule has 2 unspecified atom stereocenters. The zero-order chi connectivity index (χ0) is 18.6. The standard InChI is InChI=1S/C21H28N6.HI/c1-16-8-11-26(14-20(16)27-12-10-23-15-27)21(22-2)24-9-7-18-13-17-5-3-4-6-19(17)25-18;/h3-6,10,12-13,15-16,20,25H,7-9,11,14H2,1-2H3,(H,22,24);1H. The molecule has 1 aliphatic rings. The highest BCUT2D eigenvalue weighted by molar-refractivity contribution is 14.0. The summed E-state index contributed by atoms with van der Waals surface area (Å²) in [6.07, 6.45) is 7.96. The number of piperidine rings is 1. The highest BCUT2D eigenvalue weighted by Crippen LogP contribution is 2.27. The summed E-state index contributed by atoms with van der Waals surface area (Å²) in [5.74, 6) is 1.63. The molecule has 0 amide bonds. The van der Waals surface area contributed by atoms with Gasteiger partial charge in [0.25, 0.3) is 0 Å². The van der Waals surface area contributed by atoms with Gasteiger partial charge in [0.2, 0.25) is 0 Å². The number of para-hydroxylation sites is 1. The molecule has 7 heteroatoms. The van der Waals surface area contributed by atoms with Crippen LogP contribution >= 0.6 is 24.0 Å². The molecule has 2 N–H and O–H groups in total. The number of guanidine groups is 1. The second-order valence-corrected chi connectivity index (χ2v) is 7.40. The van der Waals surface area contributed by atoms with Crippen LogP contribution in [0.4, 0.5) is 0 Å². The minimum Gasteiger partial charge on any atom is -0.358 e. The minimum absolute atomic E-state index is 0. The first kappa shape index (κ1) is 20.7. The first-order valence-corrected chi connectivity index (χ1v) is 9.74. The molecule has 0 radical (unpaired) electrons. The largest absolute Gasteiger partial charge is 0.358 e. The lowest BCUT2D eigenvalue weighted by molar-refractivity contribution is 0.189. The maximum Gasteiger partial charge on any atom is 0.193 e. The maximum atomic E-state index is 4.52. The highest BCUT2D eigenvalue weighted by atomic mass is 127. The smallest absolute Gasteiger partial charge is 0.193 e. The van der Waals surface area contributed by atoms with E-state index in [0.717, 1.165) is 38.4 Å². The van der Waals surface area contributed by atoms with E-state index in [0.29, 0.717) is 12.0 Å². The Hall–Kier alpha value is -2.03. The molecule has 3 heterocycles. The Morgan fingerprint density at radius 1 is 1.36 bits per heavy atom. The normalized spacial score (nSPS) is 20.2. The van der Waals surface area contributed by atoms with Crippen molar-refractivity contribution in [3.05, 3.63) is 54.7 Å². The average molecular weight is 492 g/mol. The molecular weight excluding hydrogens is 463 g/mol. The summed E-state index contributed by atoms with van der Waals surface area (Å²) in [4.78, 5) is 14.6. The summed E-state index contributed by atoms with van der Waals surface area (Å²) in [6.45, 7) is 5.19. The molecular formula is C21H29IN6. The Labute approximate surface area is 183 Å². The topological polar surface area (TPSA) is 61.2 Å². The van der Waals surface area contributed by atoms with Crippen LogP contribution in [0.25, 0.3) is 10.9 Å². The SMILES string of the molecule is CN=C(NCCc1cc2ccccc2[nH]1)N1CCC(C)C(n2ccnc2)C1.I. The van der Waals surface area contributed by atoms with Gasteiger partial charge in [0.15, 0.2) is 5.96 Å². The van der Waals surface area contributed by atoms with Crippen molar-refractivity contribution < 1.29 is 0 Å². The Balaban J connectivity index is 0.00000225. The minimum atomic E-state index is 0. The molecule has 4 rings (SSSR count). The molecule has 0 spiro atoms. The van der Waals surface area contributed by atoms with Crippen LogP contribution in [0.15, 0.2) is 54.0 Å². The lowest BCUT2D eigenvalue weighted by Crippen LogP contribution is -2.49. The number of nitrogens with zero attached hydrogens (tertiary/aromatic N) is 4. The quantitative estimate of drug-likeness (QED) is 0.332. The number of imidazole rings is 1. The summed E-state index contributed by atoms with van der Waals surface area (Å²) < 4.78 is 2.23. The number of halogens is 1. The molecule has 150 valence electrons. The predicted octanol–water partition coefficient (Wildman–Crippen LogP) is 3.68. The molecule has 0 saturated carbocycles. The number of H-pyrrole nitrogens is 1. The molecule has 1 aromatic carbocycles. The predicted molar refractivity (Wildman–Crippen MR) is 125 cm³/mol. The third-order valence-corrected chi connectivity index (χ3v) is 5.60. The van der Waals surface area contributed by atoms with Crippen LogP contribution in [0.3, 0.4) is 0 Å². The van der Waals surface area contributed by atoms with Crippen molar-refractivity contribution in [2.45, 2.75) is 25.8 Å². The van der Waals surface area contributed by atoms with E-state index < -0.39 is 0 Å². The van der Waals surface area contributed by atoms with Crippen molar-refractivity contribution in [1.82, 2.24) is 24.8 Å². The lowest BCUT2D eigenvalue weighted by atomic mass is 9.93. The van der Waals surface area contributed by atoms with E-state index in [9.17, 15) is 0 Å². The van der Waals surface area contributed by atoms with Gasteiger partial charge in [-0.05, 0) is 29.9 Å². The van der Waals surface area contributed by atoms with E-state index >= 15 is 0 Å². The zero-order valence-electron chi connectivity index (χ0n) is 16.5. The molecule has 2 atom stereocenters. The van der Waals surface area contributed by atoms with E-state index in [-0.39, 0.29) is 24.0 Å². The lowest BCUT2D eigenvalue weighted by Gasteiger charge is -2.39. The fraction of sp³-hybridized carbons (Fsp3) is 0.429. The number of aliphatic imine (C=N–C) groups is 1. The van der Waals surface area contributed by atoms with Crippen molar-refractivity contribution in [3.63, 3.8) is 0 Å². The van der Waals surface area contributed by atoms with E-state index in [1.54, 1.807) is 0 Å². The Morgan fingerprint density at radius 2 is 2.21 bits per heavy atom. The van der Waals surface area contributed by atoms with Crippen LogP contribution in [0, 0.1) is 5.92 Å². The van der Waals surface area contributed by atoms with E-state index in [1.807, 2.05) is 19.6 Å². The average Bonchev–Trinajstić information content (AvgIpc) is 3.35. The number of aromatic nitrogens is 3. The van der Waals surface area contributed by atoms with Gasteiger partial charge in [-0.25, -0.2) is 4.98 Å². The fourth-order valence-electron chi connectivity index (χ4n) is 4.00. The first-order chi connectivity index (χ1) is 13.2. The van der Waals surface area contributed by atoms with Gasteiger partial charge < -0.3 is 19.8 Å². The van der Waals surface area contributed by atoms with Gasteiger partial charge in [0.1, 0.15) is 0 Å². The van der Waals surface area contributed by atoms with Gasteiger partial charge in [0, 0.05) is 56.7 Å². The molecule has 28 heavy (non-hydrogen) atoms. The Bertz CT molecular complexity index is 868. The van der Waals surface area contributed by atoms with Gasteiger partial charge in [-0.1, -0.05) is 25.1 Å². The van der Waals surface area contributed by atoms with Crippen molar-refractivity contribution >= 4 is 40.8 Å². The summed E-state index contributed by atoms with van der Waals surface area (Å²) in [7, 11) is 1.87. The molecule has 6 nitrogen and oxygen atoms in total. The van der Waals surface area contributed by atoms with Crippen LogP contribution in [-0.2, 0) is 6.42 Å². The van der Waals surface area contributed by atoms with Crippen molar-refractivity contribution in [2.75, 3.05) is 26.7 Å². The van der Waals surface area contributed by atoms with Crippen LogP contribution in [0.5, 0.6) is 0 Å². The number of nitrogens with one attached hydrogen (secondary N) is 2. The Kier molecular flexibility index (Phi) is 6.98. The fourth-order valence-corrected chi connectivity index (χ4v) is 4.00. The van der Waals surface area contributed by atoms with Gasteiger partial charge in [0.05, 0.1) is 12.4 Å². The zero-order valence-corrected chi connectivity index (χ0v) is 18.8. The molecule has 3 aromatic rings. The Morgan fingerprint density at radius 3 is 2.96 bits per heavy atom. The summed E-state index contributed by atoms with van der Waals surface area (Å²) in [5, 5.41) is 4.81. The number of hydrogen-bond acceptors (Lipinski definition) is 2. The molecule has 1 aliphatic heterocycles. The summed E-state index contributed by atoms with van der Waals surface area (Å²) in [6, 6.07) is 11.1. The van der Waals surface area contributed by atoms with Crippen LogP contribution in [0.2, 0.25) is 0 Å². The molecule has 0 bridgehead atoms. The monoisotopic (exact) mass is 492 g/mol. The third-order valence-electron chi connectivity index (χ3n) is 5.60. The van der Waals surface area contributed by atoms with Gasteiger partial charge >= 0.3 is 0 Å². The number of rotatable bonds is 4. The summed E-state index contributed by atoms with van der Waals surface area (Å²) >= 11 is 0. The first-order valence-electron chi connectivity index (χ1n) is 9.74. The number of hydrogen-bond donors (Lipinski definition) is 2. The van der Waals surface area contributed by atoms with Crippen LogP contribution < -0.4 is 5.32 Å². The third kappa shape index (κ3) is 4.51. The second kappa shape index (κ2) is 9.45.